The zero-order chi connectivity index (χ0) is 22.5. The Bertz CT molecular complexity index is 1080. The molecule has 2 N–H and O–H groups in total. The third-order valence-electron chi connectivity index (χ3n) is 5.74. The van der Waals surface area contributed by atoms with Crippen LogP contribution in [-0.4, -0.2) is 40.4 Å². The van der Waals surface area contributed by atoms with Crippen LogP contribution in [0, 0.1) is 12.7 Å². The number of piperidine rings is 1. The first kappa shape index (κ1) is 22.2. The minimum Gasteiger partial charge on any atom is -0.325 e. The Morgan fingerprint density at radius 3 is 2.72 bits per heavy atom. The summed E-state index contributed by atoms with van der Waals surface area (Å²) in [6.45, 7) is 3.94. The van der Waals surface area contributed by atoms with Gasteiger partial charge in [0.05, 0.1) is 12.7 Å². The zero-order valence-corrected chi connectivity index (χ0v) is 18.6. The minimum absolute atomic E-state index is 0.0315. The van der Waals surface area contributed by atoms with E-state index < -0.39 is 0 Å². The number of rotatable bonds is 6. The van der Waals surface area contributed by atoms with Crippen molar-refractivity contribution in [3.05, 3.63) is 76.8 Å². The lowest BCUT2D eigenvalue weighted by Gasteiger charge is -2.31. The van der Waals surface area contributed by atoms with Gasteiger partial charge >= 0.3 is 0 Å². The molecule has 1 aromatic carbocycles. The van der Waals surface area contributed by atoms with Gasteiger partial charge < -0.3 is 10.6 Å². The Labute approximate surface area is 191 Å². The van der Waals surface area contributed by atoms with Crippen LogP contribution < -0.4 is 10.6 Å². The highest BCUT2D eigenvalue weighted by Gasteiger charge is 2.22. The van der Waals surface area contributed by atoms with E-state index in [4.69, 9.17) is 11.6 Å². The Morgan fingerprint density at radius 1 is 1.16 bits per heavy atom. The monoisotopic (exact) mass is 453 g/mol. The smallest absolute Gasteiger partial charge is 0.238 e. The SMILES string of the molecule is Cc1c(Cl)cccc1NC(=O)CN1CCC(c2ccnc(Nc3ccc(F)cn3)c2)CC1. The molecule has 3 heterocycles. The van der Waals surface area contributed by atoms with Crippen molar-refractivity contribution in [2.45, 2.75) is 25.7 Å². The molecule has 4 rings (SSSR count). The number of hydrogen-bond acceptors (Lipinski definition) is 5. The molecule has 32 heavy (non-hydrogen) atoms. The number of nitrogens with zero attached hydrogens (tertiary/aromatic N) is 3. The Morgan fingerprint density at radius 2 is 1.97 bits per heavy atom. The van der Waals surface area contributed by atoms with Gasteiger partial charge in [0.2, 0.25) is 5.91 Å². The van der Waals surface area contributed by atoms with E-state index in [0.717, 1.165) is 37.2 Å². The molecular weight excluding hydrogens is 429 g/mol. The minimum atomic E-state index is -0.375. The van der Waals surface area contributed by atoms with Crippen LogP contribution in [-0.2, 0) is 4.79 Å². The van der Waals surface area contributed by atoms with Gasteiger partial charge in [-0.2, -0.15) is 0 Å². The molecule has 166 valence electrons. The number of aromatic nitrogens is 2. The largest absolute Gasteiger partial charge is 0.325 e. The number of carbonyl (C=O) groups is 1. The predicted octanol–water partition coefficient (Wildman–Crippen LogP) is 5.14. The molecule has 1 fully saturated rings. The van der Waals surface area contributed by atoms with E-state index in [0.29, 0.717) is 29.1 Å². The maximum Gasteiger partial charge on any atom is 0.238 e. The second-order valence-corrected chi connectivity index (χ2v) is 8.38. The van der Waals surface area contributed by atoms with Crippen LogP contribution in [0.1, 0.15) is 29.9 Å². The quantitative estimate of drug-likeness (QED) is 0.540. The van der Waals surface area contributed by atoms with Gasteiger partial charge in [0, 0.05) is 16.9 Å². The van der Waals surface area contributed by atoms with Crippen molar-refractivity contribution in [3.8, 4) is 0 Å². The maximum absolute atomic E-state index is 13.0. The normalized spacial score (nSPS) is 14.8. The summed E-state index contributed by atoms with van der Waals surface area (Å²) < 4.78 is 13.0. The van der Waals surface area contributed by atoms with Gasteiger partial charge in [-0.3, -0.25) is 9.69 Å². The van der Waals surface area contributed by atoms with E-state index in [1.807, 2.05) is 37.3 Å². The number of anilines is 3. The van der Waals surface area contributed by atoms with E-state index >= 15 is 0 Å². The fraction of sp³-hybridized carbons (Fsp3) is 0.292. The van der Waals surface area contributed by atoms with Crippen molar-refractivity contribution in [1.82, 2.24) is 14.9 Å². The summed E-state index contributed by atoms with van der Waals surface area (Å²) >= 11 is 6.14. The first-order chi connectivity index (χ1) is 15.5. The second kappa shape index (κ2) is 10.1. The molecule has 1 amide bonds. The molecule has 2 aromatic heterocycles. The Hall–Kier alpha value is -3.03. The molecule has 0 saturated carbocycles. The van der Waals surface area contributed by atoms with Crippen LogP contribution in [0.25, 0.3) is 0 Å². The molecule has 0 atom stereocenters. The van der Waals surface area contributed by atoms with E-state index in [-0.39, 0.29) is 11.7 Å². The molecule has 1 aliphatic heterocycles. The van der Waals surface area contributed by atoms with Crippen molar-refractivity contribution >= 4 is 34.8 Å². The fourth-order valence-electron chi connectivity index (χ4n) is 3.91. The molecule has 0 radical (unpaired) electrons. The van der Waals surface area contributed by atoms with E-state index in [2.05, 4.69) is 25.5 Å². The lowest BCUT2D eigenvalue weighted by Crippen LogP contribution is -2.38. The van der Waals surface area contributed by atoms with Gasteiger partial charge in [-0.05, 0) is 86.3 Å². The van der Waals surface area contributed by atoms with Crippen molar-refractivity contribution in [1.29, 1.82) is 0 Å². The molecule has 1 aliphatic rings. The van der Waals surface area contributed by atoms with Crippen molar-refractivity contribution < 1.29 is 9.18 Å². The van der Waals surface area contributed by atoms with Crippen molar-refractivity contribution in [3.63, 3.8) is 0 Å². The summed E-state index contributed by atoms with van der Waals surface area (Å²) in [6, 6.07) is 12.5. The summed E-state index contributed by atoms with van der Waals surface area (Å²) in [5.41, 5.74) is 2.83. The van der Waals surface area contributed by atoms with Gasteiger partial charge in [-0.25, -0.2) is 14.4 Å². The Kier molecular flexibility index (Phi) is 6.97. The maximum atomic E-state index is 13.0. The Balaban J connectivity index is 1.30. The lowest BCUT2D eigenvalue weighted by molar-refractivity contribution is -0.117. The van der Waals surface area contributed by atoms with Crippen molar-refractivity contribution in [2.24, 2.45) is 0 Å². The molecule has 0 aliphatic carbocycles. The lowest BCUT2D eigenvalue weighted by atomic mass is 9.90. The first-order valence-electron chi connectivity index (χ1n) is 10.6. The van der Waals surface area contributed by atoms with Crippen LogP contribution in [0.3, 0.4) is 0 Å². The van der Waals surface area contributed by atoms with Gasteiger partial charge in [0.1, 0.15) is 17.5 Å². The van der Waals surface area contributed by atoms with Crippen LogP contribution in [0.2, 0.25) is 5.02 Å². The summed E-state index contributed by atoms with van der Waals surface area (Å²) in [5.74, 6) is 1.22. The zero-order valence-electron chi connectivity index (χ0n) is 17.8. The highest BCUT2D eigenvalue weighted by atomic mass is 35.5. The van der Waals surface area contributed by atoms with E-state index in [1.54, 1.807) is 12.3 Å². The fourth-order valence-corrected chi connectivity index (χ4v) is 4.08. The van der Waals surface area contributed by atoms with Gasteiger partial charge in [0.15, 0.2) is 0 Å². The van der Waals surface area contributed by atoms with Gasteiger partial charge in [0.25, 0.3) is 0 Å². The summed E-state index contributed by atoms with van der Waals surface area (Å²) in [4.78, 5) is 23.0. The molecule has 3 aromatic rings. The molecule has 0 unspecified atom stereocenters. The molecule has 8 heteroatoms. The standard InChI is InChI=1S/C24H25ClFN5O/c1-16-20(25)3-2-4-21(16)29-24(32)15-31-11-8-17(9-12-31)18-7-10-27-23(13-18)30-22-6-5-19(26)14-28-22/h2-7,10,13-14,17H,8-9,11-12,15H2,1H3,(H,29,32)(H,27,28,30). The number of likely N-dealkylation sites (tertiary alicyclic amines) is 1. The van der Waals surface area contributed by atoms with E-state index in [1.165, 1.54) is 17.8 Å². The molecular formula is C24H25ClFN5O. The summed E-state index contributed by atoms with van der Waals surface area (Å²) in [6.07, 6.45) is 4.86. The number of carbonyl (C=O) groups excluding carboxylic acids is 1. The topological polar surface area (TPSA) is 70.2 Å². The van der Waals surface area contributed by atoms with E-state index in [9.17, 15) is 9.18 Å². The number of nitrogens with one attached hydrogen (secondary N) is 2. The number of benzene rings is 1. The van der Waals surface area contributed by atoms with Crippen LogP contribution >= 0.6 is 11.6 Å². The first-order valence-corrected chi connectivity index (χ1v) is 11.0. The average Bonchev–Trinajstić information content (AvgIpc) is 2.79. The van der Waals surface area contributed by atoms with Crippen LogP contribution in [0.4, 0.5) is 21.7 Å². The third kappa shape index (κ3) is 5.60. The number of hydrogen-bond donors (Lipinski definition) is 2. The van der Waals surface area contributed by atoms with Crippen LogP contribution in [0.15, 0.2) is 54.9 Å². The molecule has 1 saturated heterocycles. The number of amides is 1. The van der Waals surface area contributed by atoms with Crippen molar-refractivity contribution in [2.75, 3.05) is 30.3 Å². The third-order valence-corrected chi connectivity index (χ3v) is 6.14. The second-order valence-electron chi connectivity index (χ2n) is 7.97. The summed E-state index contributed by atoms with van der Waals surface area (Å²) in [7, 11) is 0. The predicted molar refractivity (Wildman–Crippen MR) is 125 cm³/mol. The number of halogens is 2. The summed E-state index contributed by atoms with van der Waals surface area (Å²) in [5, 5.41) is 6.72. The molecule has 0 spiro atoms. The number of pyridine rings is 2. The van der Waals surface area contributed by atoms with Gasteiger partial charge in [-0.15, -0.1) is 0 Å². The van der Waals surface area contributed by atoms with Gasteiger partial charge in [-0.1, -0.05) is 17.7 Å². The van der Waals surface area contributed by atoms with Crippen LogP contribution in [0.5, 0.6) is 0 Å². The highest BCUT2D eigenvalue weighted by Crippen LogP contribution is 2.29. The average molecular weight is 454 g/mol. The highest BCUT2D eigenvalue weighted by molar-refractivity contribution is 6.31. The molecule has 0 bridgehead atoms. The molecule has 6 nitrogen and oxygen atoms in total.